The minimum absolute atomic E-state index is 0.366. The van der Waals surface area contributed by atoms with Gasteiger partial charge in [0.05, 0.1) is 0 Å². The zero-order valence-electron chi connectivity index (χ0n) is 9.61. The number of benzene rings is 2. The molecule has 2 aromatic carbocycles. The maximum absolute atomic E-state index is 11.5. The van der Waals surface area contributed by atoms with E-state index in [2.05, 4.69) is 0 Å². The highest BCUT2D eigenvalue weighted by Gasteiger charge is 2.13. The third-order valence-electron chi connectivity index (χ3n) is 2.53. The summed E-state index contributed by atoms with van der Waals surface area (Å²) in [5, 5.41) is 19.6. The molecule has 0 heterocycles. The number of carbonyl (C=O) groups excluding carboxylic acids is 1. The number of rotatable bonds is 3. The van der Waals surface area contributed by atoms with E-state index in [9.17, 15) is 4.79 Å². The fraction of sp³-hybridized carbons (Fsp3) is 0.154. The van der Waals surface area contributed by atoms with E-state index < -0.39 is 19.6 Å². The molecule has 5 nitrogen and oxygen atoms in total. The molecule has 0 aromatic heterocycles. The third kappa shape index (κ3) is 2.58. The van der Waals surface area contributed by atoms with Crippen molar-refractivity contribution < 1.29 is 19.7 Å². The highest BCUT2D eigenvalue weighted by Crippen LogP contribution is 2.20. The zero-order valence-corrected chi connectivity index (χ0v) is 9.61. The van der Waals surface area contributed by atoms with Crippen LogP contribution in [0.1, 0.15) is 0 Å². The number of aliphatic hydroxyl groups excluding tert-OH is 2. The van der Waals surface area contributed by atoms with Gasteiger partial charge in [0, 0.05) is 0 Å². The molecule has 0 saturated carbocycles. The number of fused-ring (bicyclic) bond motifs is 1. The van der Waals surface area contributed by atoms with E-state index in [1.54, 1.807) is 12.1 Å². The van der Waals surface area contributed by atoms with Crippen molar-refractivity contribution in [1.82, 2.24) is 4.90 Å². The van der Waals surface area contributed by atoms with Gasteiger partial charge in [0.15, 0.2) is 0 Å². The molecule has 0 bridgehead atoms. The van der Waals surface area contributed by atoms with E-state index >= 15 is 0 Å². The third-order valence-corrected chi connectivity index (χ3v) is 2.53. The summed E-state index contributed by atoms with van der Waals surface area (Å²) < 4.78 is 5.03. The predicted octanol–water partition coefficient (Wildman–Crippen LogP) is 1.54. The SMILES string of the molecule is O=C(Oc1ccc2ccccc2c1)N(CO)CO. The van der Waals surface area contributed by atoms with Gasteiger partial charge >= 0.3 is 6.09 Å². The molecule has 2 rings (SSSR count). The molecule has 0 spiro atoms. The van der Waals surface area contributed by atoms with E-state index in [1.807, 2.05) is 30.3 Å². The molecule has 2 N–H and O–H groups in total. The lowest BCUT2D eigenvalue weighted by atomic mass is 10.1. The van der Waals surface area contributed by atoms with Crippen molar-refractivity contribution >= 4 is 16.9 Å². The molecule has 0 unspecified atom stereocenters. The van der Waals surface area contributed by atoms with Crippen molar-refractivity contribution in [1.29, 1.82) is 0 Å². The van der Waals surface area contributed by atoms with Gasteiger partial charge in [-0.2, -0.15) is 0 Å². The Balaban J connectivity index is 2.19. The molecule has 18 heavy (non-hydrogen) atoms. The second-order valence-corrected chi connectivity index (χ2v) is 3.70. The molecule has 5 heteroatoms. The lowest BCUT2D eigenvalue weighted by Crippen LogP contribution is -2.35. The van der Waals surface area contributed by atoms with Crippen LogP contribution in [0.2, 0.25) is 0 Å². The van der Waals surface area contributed by atoms with E-state index in [4.69, 9.17) is 14.9 Å². The average molecular weight is 247 g/mol. The van der Waals surface area contributed by atoms with Crippen LogP contribution in [0.4, 0.5) is 4.79 Å². The Morgan fingerprint density at radius 2 is 1.72 bits per heavy atom. The summed E-state index contributed by atoms with van der Waals surface area (Å²) in [6.45, 7) is -1.19. The van der Waals surface area contributed by atoms with Gasteiger partial charge in [0.25, 0.3) is 0 Å². The fourth-order valence-electron chi connectivity index (χ4n) is 1.56. The number of carbonyl (C=O) groups is 1. The molecule has 0 aliphatic heterocycles. The van der Waals surface area contributed by atoms with Crippen LogP contribution in [0.5, 0.6) is 5.75 Å². The zero-order chi connectivity index (χ0) is 13.0. The van der Waals surface area contributed by atoms with Crippen LogP contribution in [0.3, 0.4) is 0 Å². The quantitative estimate of drug-likeness (QED) is 0.807. The average Bonchev–Trinajstić information content (AvgIpc) is 2.40. The molecule has 0 fully saturated rings. The summed E-state index contributed by atoms with van der Waals surface area (Å²) in [7, 11) is 0. The lowest BCUT2D eigenvalue weighted by molar-refractivity contribution is 0.0379. The van der Waals surface area contributed by atoms with Gasteiger partial charge in [-0.25, -0.2) is 4.79 Å². The van der Waals surface area contributed by atoms with E-state index in [0.29, 0.717) is 5.75 Å². The number of hydrogen-bond acceptors (Lipinski definition) is 4. The van der Waals surface area contributed by atoms with Crippen LogP contribution < -0.4 is 4.74 Å². The second-order valence-electron chi connectivity index (χ2n) is 3.70. The minimum Gasteiger partial charge on any atom is -0.410 e. The molecule has 2 aromatic rings. The number of nitrogens with zero attached hydrogens (tertiary/aromatic N) is 1. The van der Waals surface area contributed by atoms with E-state index in [-0.39, 0.29) is 0 Å². The Labute approximate surface area is 104 Å². The van der Waals surface area contributed by atoms with Gasteiger partial charge in [-0.1, -0.05) is 30.3 Å². The van der Waals surface area contributed by atoms with Crippen LogP contribution >= 0.6 is 0 Å². The minimum atomic E-state index is -0.796. The summed E-state index contributed by atoms with van der Waals surface area (Å²) in [6, 6.07) is 12.9. The van der Waals surface area contributed by atoms with Gasteiger partial charge in [-0.05, 0) is 22.9 Å². The Morgan fingerprint density at radius 3 is 2.39 bits per heavy atom. The molecule has 0 atom stereocenters. The number of ether oxygens (including phenoxy) is 1. The molecule has 0 aliphatic rings. The van der Waals surface area contributed by atoms with Crippen LogP contribution in [0.15, 0.2) is 42.5 Å². The monoisotopic (exact) mass is 247 g/mol. The van der Waals surface area contributed by atoms with Crippen molar-refractivity contribution in [2.75, 3.05) is 13.5 Å². The molecular formula is C13H13NO4. The van der Waals surface area contributed by atoms with E-state index in [0.717, 1.165) is 15.7 Å². The number of hydrogen-bond donors (Lipinski definition) is 2. The predicted molar refractivity (Wildman–Crippen MR) is 66.0 cm³/mol. The summed E-state index contributed by atoms with van der Waals surface area (Å²) in [5.74, 6) is 0.366. The second kappa shape index (κ2) is 5.48. The maximum atomic E-state index is 11.5. The topological polar surface area (TPSA) is 70.0 Å². The van der Waals surface area contributed by atoms with Crippen molar-refractivity contribution in [3.8, 4) is 5.75 Å². The van der Waals surface area contributed by atoms with E-state index in [1.165, 1.54) is 0 Å². The highest BCUT2D eigenvalue weighted by molar-refractivity contribution is 5.84. The van der Waals surface area contributed by atoms with Crippen LogP contribution in [0.25, 0.3) is 10.8 Å². The summed E-state index contributed by atoms with van der Waals surface area (Å²) in [5.41, 5.74) is 0. The van der Waals surface area contributed by atoms with Crippen molar-refractivity contribution in [2.45, 2.75) is 0 Å². The van der Waals surface area contributed by atoms with Gasteiger partial charge in [0.2, 0.25) is 0 Å². The molecule has 0 aliphatic carbocycles. The van der Waals surface area contributed by atoms with Crippen molar-refractivity contribution in [2.24, 2.45) is 0 Å². The first-order valence-electron chi connectivity index (χ1n) is 5.42. The molecule has 1 amide bonds. The largest absolute Gasteiger partial charge is 0.418 e. The normalized spacial score (nSPS) is 10.3. The van der Waals surface area contributed by atoms with Crippen molar-refractivity contribution in [3.63, 3.8) is 0 Å². The first-order valence-corrected chi connectivity index (χ1v) is 5.42. The molecule has 0 radical (unpaired) electrons. The summed E-state index contributed by atoms with van der Waals surface area (Å²) in [4.78, 5) is 12.3. The van der Waals surface area contributed by atoms with Gasteiger partial charge in [-0.15, -0.1) is 0 Å². The standard InChI is InChI=1S/C13H13NO4/c15-8-14(9-16)13(17)18-12-6-5-10-3-1-2-4-11(10)7-12/h1-7,15-16H,8-9H2. The Morgan fingerprint density at radius 1 is 1.06 bits per heavy atom. The Hall–Kier alpha value is -2.11. The van der Waals surface area contributed by atoms with Gasteiger partial charge < -0.3 is 14.9 Å². The molecule has 0 saturated heterocycles. The first-order chi connectivity index (χ1) is 8.74. The maximum Gasteiger partial charge on any atom is 0.418 e. The number of amides is 1. The Kier molecular flexibility index (Phi) is 3.76. The summed E-state index contributed by atoms with van der Waals surface area (Å²) in [6.07, 6.45) is -0.796. The fourth-order valence-corrected chi connectivity index (χ4v) is 1.56. The lowest BCUT2D eigenvalue weighted by Gasteiger charge is -2.16. The smallest absolute Gasteiger partial charge is 0.410 e. The Bertz CT molecular complexity index is 551. The van der Waals surface area contributed by atoms with Gasteiger partial charge in [0.1, 0.15) is 19.2 Å². The van der Waals surface area contributed by atoms with Gasteiger partial charge in [-0.3, -0.25) is 4.90 Å². The number of aliphatic hydroxyl groups is 2. The molecule has 94 valence electrons. The summed E-state index contributed by atoms with van der Waals surface area (Å²) >= 11 is 0. The van der Waals surface area contributed by atoms with Crippen LogP contribution in [0, 0.1) is 0 Å². The molecular weight excluding hydrogens is 234 g/mol. The highest BCUT2D eigenvalue weighted by atomic mass is 16.6. The first kappa shape index (κ1) is 12.3. The van der Waals surface area contributed by atoms with Crippen LogP contribution in [-0.2, 0) is 0 Å². The van der Waals surface area contributed by atoms with Crippen molar-refractivity contribution in [3.05, 3.63) is 42.5 Å². The van der Waals surface area contributed by atoms with Crippen LogP contribution in [-0.4, -0.2) is 34.7 Å².